The minimum Gasteiger partial charge on any atom is -0.496 e. The number of aliphatic hydroxyl groups is 1. The second-order valence-electron chi connectivity index (χ2n) is 4.92. The molecule has 1 aromatic carbocycles. The Morgan fingerprint density at radius 3 is 2.89 bits per heavy atom. The van der Waals surface area contributed by atoms with Crippen LogP contribution in [0.5, 0.6) is 5.75 Å². The van der Waals surface area contributed by atoms with Gasteiger partial charge in [-0.15, -0.1) is 0 Å². The lowest BCUT2D eigenvalue weighted by atomic mass is 9.77. The van der Waals surface area contributed by atoms with Crippen LogP contribution in [0.2, 0.25) is 0 Å². The van der Waals surface area contributed by atoms with Gasteiger partial charge in [-0.3, -0.25) is 0 Å². The molecular weight excluding hydrogens is 296 g/mol. The van der Waals surface area contributed by atoms with Gasteiger partial charge in [0.2, 0.25) is 0 Å². The first-order valence-electron chi connectivity index (χ1n) is 6.16. The molecule has 0 aliphatic carbocycles. The fourth-order valence-electron chi connectivity index (χ4n) is 2.58. The molecule has 2 rings (SSSR count). The molecule has 0 aromatic heterocycles. The molecule has 1 saturated heterocycles. The lowest BCUT2D eigenvalue weighted by molar-refractivity contribution is 0.0269. The molecule has 3 nitrogen and oxygen atoms in total. The van der Waals surface area contributed by atoms with Gasteiger partial charge < -0.3 is 14.6 Å². The van der Waals surface area contributed by atoms with Gasteiger partial charge in [0, 0.05) is 16.5 Å². The van der Waals surface area contributed by atoms with E-state index in [0.29, 0.717) is 0 Å². The number of hydrogen-bond acceptors (Lipinski definition) is 3. The van der Waals surface area contributed by atoms with Gasteiger partial charge in [0.15, 0.2) is 0 Å². The number of aliphatic hydroxyl groups excluding tert-OH is 1. The number of hydrogen-bond donors (Lipinski definition) is 1. The zero-order valence-electron chi connectivity index (χ0n) is 10.8. The van der Waals surface area contributed by atoms with Crippen molar-refractivity contribution in [3.63, 3.8) is 0 Å². The molecule has 1 fully saturated rings. The summed E-state index contributed by atoms with van der Waals surface area (Å²) in [5.41, 5.74) is 0.923. The summed E-state index contributed by atoms with van der Waals surface area (Å²) in [5, 5.41) is 9.75. The van der Waals surface area contributed by atoms with E-state index in [1.54, 1.807) is 7.11 Å². The first-order valence-corrected chi connectivity index (χ1v) is 6.95. The fourth-order valence-corrected chi connectivity index (χ4v) is 2.99. The summed E-state index contributed by atoms with van der Waals surface area (Å²) in [4.78, 5) is 0. The molecule has 18 heavy (non-hydrogen) atoms. The predicted molar refractivity (Wildman–Crippen MR) is 73.9 cm³/mol. The van der Waals surface area contributed by atoms with Crippen LogP contribution in [-0.4, -0.2) is 31.5 Å². The third-order valence-corrected chi connectivity index (χ3v) is 4.42. The minimum absolute atomic E-state index is 0.0752. The van der Waals surface area contributed by atoms with Crippen LogP contribution in [0.3, 0.4) is 0 Å². The molecule has 1 aliphatic heterocycles. The second kappa shape index (κ2) is 5.59. The average Bonchev–Trinajstić information content (AvgIpc) is 2.72. The lowest BCUT2D eigenvalue weighted by Gasteiger charge is -2.30. The molecule has 0 spiro atoms. The first-order chi connectivity index (χ1) is 8.61. The van der Waals surface area contributed by atoms with Crippen LogP contribution < -0.4 is 4.74 Å². The van der Waals surface area contributed by atoms with Gasteiger partial charge in [-0.2, -0.15) is 0 Å². The van der Waals surface area contributed by atoms with Gasteiger partial charge in [-0.05, 0) is 43.5 Å². The highest BCUT2D eigenvalue weighted by molar-refractivity contribution is 9.10. The number of ether oxygens (including phenoxy) is 2. The van der Waals surface area contributed by atoms with Crippen molar-refractivity contribution in [2.75, 3.05) is 20.3 Å². The Morgan fingerprint density at radius 2 is 2.33 bits per heavy atom. The van der Waals surface area contributed by atoms with Crippen molar-refractivity contribution in [2.24, 2.45) is 5.41 Å². The van der Waals surface area contributed by atoms with Crippen LogP contribution in [0.15, 0.2) is 22.7 Å². The second-order valence-corrected chi connectivity index (χ2v) is 5.83. The summed E-state index contributed by atoms with van der Waals surface area (Å²) in [7, 11) is 1.67. The van der Waals surface area contributed by atoms with E-state index in [0.717, 1.165) is 35.2 Å². The SMILES string of the molecule is COc1ccc(Br)cc1CC1(CO)CCOC1C. The van der Waals surface area contributed by atoms with E-state index in [1.165, 1.54) is 0 Å². The third-order valence-electron chi connectivity index (χ3n) is 3.93. The molecule has 1 heterocycles. The van der Waals surface area contributed by atoms with Crippen LogP contribution in [0.1, 0.15) is 18.9 Å². The van der Waals surface area contributed by atoms with E-state index in [2.05, 4.69) is 22.0 Å². The average molecular weight is 315 g/mol. The van der Waals surface area contributed by atoms with Crippen molar-refractivity contribution in [1.82, 2.24) is 0 Å². The van der Waals surface area contributed by atoms with Crippen molar-refractivity contribution in [1.29, 1.82) is 0 Å². The molecule has 1 aliphatic rings. The van der Waals surface area contributed by atoms with E-state index in [-0.39, 0.29) is 18.1 Å². The molecule has 0 saturated carbocycles. The molecule has 100 valence electrons. The standard InChI is InChI=1S/C14H19BrO3/c1-10-14(9-16,5-6-18-10)8-11-7-12(15)3-4-13(11)17-2/h3-4,7,10,16H,5-6,8-9H2,1-2H3. The van der Waals surface area contributed by atoms with Crippen molar-refractivity contribution < 1.29 is 14.6 Å². The Bertz CT molecular complexity index is 422. The summed E-state index contributed by atoms with van der Waals surface area (Å²) in [6.07, 6.45) is 1.74. The van der Waals surface area contributed by atoms with E-state index >= 15 is 0 Å². The van der Waals surface area contributed by atoms with Gasteiger partial charge >= 0.3 is 0 Å². The van der Waals surface area contributed by atoms with Gasteiger partial charge in [-0.25, -0.2) is 0 Å². The first kappa shape index (κ1) is 13.8. The topological polar surface area (TPSA) is 38.7 Å². The minimum atomic E-state index is -0.186. The highest BCUT2D eigenvalue weighted by atomic mass is 79.9. The van der Waals surface area contributed by atoms with Crippen LogP contribution in [0.4, 0.5) is 0 Å². The Balaban J connectivity index is 2.29. The maximum Gasteiger partial charge on any atom is 0.122 e. The van der Waals surface area contributed by atoms with Crippen LogP contribution >= 0.6 is 15.9 Å². The van der Waals surface area contributed by atoms with Gasteiger partial charge in [0.25, 0.3) is 0 Å². The normalized spacial score (nSPS) is 27.4. The number of methoxy groups -OCH3 is 1. The Morgan fingerprint density at radius 1 is 1.56 bits per heavy atom. The summed E-state index contributed by atoms with van der Waals surface area (Å²) in [6, 6.07) is 5.97. The Labute approximate surface area is 116 Å². The highest BCUT2D eigenvalue weighted by Crippen LogP contribution is 2.40. The fraction of sp³-hybridized carbons (Fsp3) is 0.571. The molecule has 0 amide bonds. The molecule has 2 unspecified atom stereocenters. The molecule has 1 N–H and O–H groups in total. The number of benzene rings is 1. The smallest absolute Gasteiger partial charge is 0.122 e. The maximum atomic E-state index is 9.75. The van der Waals surface area contributed by atoms with Crippen molar-refractivity contribution >= 4 is 15.9 Å². The van der Waals surface area contributed by atoms with Crippen molar-refractivity contribution in [2.45, 2.75) is 25.9 Å². The van der Waals surface area contributed by atoms with Gasteiger partial charge in [0.05, 0.1) is 19.8 Å². The van der Waals surface area contributed by atoms with Crippen molar-refractivity contribution in [3.8, 4) is 5.75 Å². The summed E-state index contributed by atoms with van der Waals surface area (Å²) >= 11 is 3.48. The Kier molecular flexibility index (Phi) is 4.30. The number of halogens is 1. The van der Waals surface area contributed by atoms with Crippen LogP contribution in [0.25, 0.3) is 0 Å². The molecule has 0 radical (unpaired) electrons. The summed E-state index contributed by atoms with van der Waals surface area (Å²) in [6.45, 7) is 2.90. The number of rotatable bonds is 4. The predicted octanol–water partition coefficient (Wildman–Crippen LogP) is 2.79. The largest absolute Gasteiger partial charge is 0.496 e. The van der Waals surface area contributed by atoms with E-state index in [9.17, 15) is 5.11 Å². The maximum absolute atomic E-state index is 9.75. The zero-order valence-corrected chi connectivity index (χ0v) is 12.4. The lowest BCUT2D eigenvalue weighted by Crippen LogP contribution is -2.35. The van der Waals surface area contributed by atoms with E-state index < -0.39 is 0 Å². The monoisotopic (exact) mass is 314 g/mol. The summed E-state index contributed by atoms with van der Waals surface area (Å²) in [5.74, 6) is 0.866. The molecule has 2 atom stereocenters. The summed E-state index contributed by atoms with van der Waals surface area (Å²) < 4.78 is 12.0. The van der Waals surface area contributed by atoms with Gasteiger partial charge in [-0.1, -0.05) is 15.9 Å². The third kappa shape index (κ3) is 2.56. The molecule has 4 heteroatoms. The Hall–Kier alpha value is -0.580. The highest BCUT2D eigenvalue weighted by Gasteiger charge is 2.41. The van der Waals surface area contributed by atoms with E-state index in [1.807, 2.05) is 19.1 Å². The van der Waals surface area contributed by atoms with Crippen LogP contribution in [0, 0.1) is 5.41 Å². The molecule has 1 aromatic rings. The van der Waals surface area contributed by atoms with Crippen molar-refractivity contribution in [3.05, 3.63) is 28.2 Å². The van der Waals surface area contributed by atoms with Gasteiger partial charge in [0.1, 0.15) is 5.75 Å². The van der Waals surface area contributed by atoms with E-state index in [4.69, 9.17) is 9.47 Å². The zero-order chi connectivity index (χ0) is 13.2. The quantitative estimate of drug-likeness (QED) is 0.928. The molecular formula is C14H19BrO3. The van der Waals surface area contributed by atoms with Crippen LogP contribution in [-0.2, 0) is 11.2 Å². The molecule has 0 bridgehead atoms.